The average molecular weight is 310 g/mol. The van der Waals surface area contributed by atoms with Gasteiger partial charge in [-0.1, -0.05) is 12.1 Å². The first-order valence-electron chi connectivity index (χ1n) is 7.31. The lowest BCUT2D eigenvalue weighted by Gasteiger charge is -2.05. The Morgan fingerprint density at radius 3 is 2.43 bits per heavy atom. The Morgan fingerprint density at radius 1 is 0.913 bits per heavy atom. The lowest BCUT2D eigenvalue weighted by molar-refractivity contribution is -0.661. The van der Waals surface area contributed by atoms with Crippen molar-refractivity contribution in [3.63, 3.8) is 0 Å². The molecule has 2 aromatic heterocycles. The first-order chi connectivity index (χ1) is 11.0. The summed E-state index contributed by atoms with van der Waals surface area (Å²) >= 11 is 0. The van der Waals surface area contributed by atoms with Gasteiger partial charge >= 0.3 is 0 Å². The van der Waals surface area contributed by atoms with Crippen molar-refractivity contribution in [3.8, 4) is 11.3 Å². The minimum Gasteiger partial charge on any atom is -0.455 e. The molecule has 4 rings (SSSR count). The molecule has 0 radical (unpaired) electrons. The third-order valence-corrected chi connectivity index (χ3v) is 4.17. The van der Waals surface area contributed by atoms with E-state index in [2.05, 4.69) is 0 Å². The molecule has 0 atom stereocenters. The molecular formula is C19H14F2NO+. The minimum absolute atomic E-state index is 0.298. The molecule has 0 saturated carbocycles. The summed E-state index contributed by atoms with van der Waals surface area (Å²) in [5, 5.41) is 1.79. The fourth-order valence-corrected chi connectivity index (χ4v) is 3.06. The fraction of sp³-hybridized carbons (Fsp3) is 0.105. The number of rotatable bonds is 1. The first kappa shape index (κ1) is 13.9. The Kier molecular flexibility index (Phi) is 2.94. The van der Waals surface area contributed by atoms with Crippen molar-refractivity contribution in [2.45, 2.75) is 6.92 Å². The van der Waals surface area contributed by atoms with Crippen molar-refractivity contribution in [2.24, 2.45) is 7.05 Å². The minimum atomic E-state index is -0.331. The molecule has 2 nitrogen and oxygen atoms in total. The highest BCUT2D eigenvalue weighted by Gasteiger charge is 2.20. The number of benzene rings is 2. The van der Waals surface area contributed by atoms with Crippen molar-refractivity contribution < 1.29 is 17.8 Å². The van der Waals surface area contributed by atoms with Gasteiger partial charge in [-0.15, -0.1) is 0 Å². The van der Waals surface area contributed by atoms with E-state index in [4.69, 9.17) is 4.42 Å². The summed E-state index contributed by atoms with van der Waals surface area (Å²) in [4.78, 5) is 0. The van der Waals surface area contributed by atoms with E-state index in [0.29, 0.717) is 11.2 Å². The summed E-state index contributed by atoms with van der Waals surface area (Å²) in [5.74, 6) is -0.630. The molecule has 0 N–H and O–H groups in total. The predicted molar refractivity (Wildman–Crippen MR) is 85.0 cm³/mol. The standard InChI is InChI=1S/C19H14F2NO/c1-11-3-6-15-14-7-4-12(20)9-17(14)23-19(15)18(11)16-8-5-13(21)10-22(16)2/h3-10H,1-2H3/q+1. The van der Waals surface area contributed by atoms with Crippen molar-refractivity contribution >= 4 is 21.9 Å². The zero-order chi connectivity index (χ0) is 16.1. The van der Waals surface area contributed by atoms with Crippen molar-refractivity contribution in [3.05, 3.63) is 65.9 Å². The Balaban J connectivity index is 2.13. The molecule has 0 fully saturated rings. The van der Waals surface area contributed by atoms with Gasteiger partial charge in [0.05, 0.1) is 5.56 Å². The van der Waals surface area contributed by atoms with E-state index in [1.54, 1.807) is 23.7 Å². The molecule has 0 aliphatic rings. The molecule has 0 unspecified atom stereocenters. The Morgan fingerprint density at radius 2 is 1.65 bits per heavy atom. The Labute approximate surface area is 131 Å². The number of pyridine rings is 1. The van der Waals surface area contributed by atoms with Crippen LogP contribution in [0.4, 0.5) is 8.78 Å². The van der Waals surface area contributed by atoms with Gasteiger partial charge in [0, 0.05) is 22.9 Å². The van der Waals surface area contributed by atoms with Crippen LogP contribution in [0.25, 0.3) is 33.2 Å². The van der Waals surface area contributed by atoms with E-state index in [1.165, 1.54) is 24.4 Å². The van der Waals surface area contributed by atoms with E-state index in [1.807, 2.05) is 19.1 Å². The highest BCUT2D eigenvalue weighted by molar-refractivity contribution is 6.09. The molecule has 23 heavy (non-hydrogen) atoms. The number of hydrogen-bond donors (Lipinski definition) is 0. The molecule has 0 aliphatic heterocycles. The van der Waals surface area contributed by atoms with Gasteiger partial charge in [-0.2, -0.15) is 4.57 Å². The molecule has 0 saturated heterocycles. The van der Waals surface area contributed by atoms with Crippen LogP contribution in [0.5, 0.6) is 0 Å². The Hall–Kier alpha value is -2.75. The van der Waals surface area contributed by atoms with E-state index >= 15 is 0 Å². The molecule has 4 heteroatoms. The number of nitrogens with zero attached hydrogens (tertiary/aromatic N) is 1. The monoisotopic (exact) mass is 310 g/mol. The first-order valence-corrected chi connectivity index (χ1v) is 7.31. The number of aryl methyl sites for hydroxylation is 2. The number of furan rings is 1. The number of aromatic nitrogens is 1. The second kappa shape index (κ2) is 4.88. The lowest BCUT2D eigenvalue weighted by atomic mass is 10.0. The van der Waals surface area contributed by atoms with Crippen LogP contribution in [0.3, 0.4) is 0 Å². The van der Waals surface area contributed by atoms with E-state index in [0.717, 1.165) is 27.6 Å². The molecule has 0 spiro atoms. The summed E-state index contributed by atoms with van der Waals surface area (Å²) < 4.78 is 34.5. The van der Waals surface area contributed by atoms with Crippen molar-refractivity contribution in [2.75, 3.05) is 0 Å². The van der Waals surface area contributed by atoms with E-state index in [9.17, 15) is 8.78 Å². The Bertz CT molecular complexity index is 1070. The van der Waals surface area contributed by atoms with Gasteiger partial charge in [-0.3, -0.25) is 0 Å². The molecule has 2 heterocycles. The summed E-state index contributed by atoms with van der Waals surface area (Å²) in [6.07, 6.45) is 1.43. The summed E-state index contributed by atoms with van der Waals surface area (Å²) in [6.45, 7) is 1.98. The zero-order valence-corrected chi connectivity index (χ0v) is 12.7. The lowest BCUT2D eigenvalue weighted by Crippen LogP contribution is -2.31. The van der Waals surface area contributed by atoms with Crippen LogP contribution in [-0.4, -0.2) is 0 Å². The van der Waals surface area contributed by atoms with Crippen molar-refractivity contribution in [1.82, 2.24) is 0 Å². The predicted octanol–water partition coefficient (Wildman–Crippen LogP) is 4.66. The largest absolute Gasteiger partial charge is 0.455 e. The number of hydrogen-bond acceptors (Lipinski definition) is 1. The van der Waals surface area contributed by atoms with Gasteiger partial charge in [0.25, 0.3) is 0 Å². The van der Waals surface area contributed by atoms with Gasteiger partial charge in [-0.25, -0.2) is 8.78 Å². The SMILES string of the molecule is Cc1ccc2c(oc3cc(F)ccc32)c1-c1ccc(F)c[n+]1C. The average Bonchev–Trinajstić information content (AvgIpc) is 2.85. The highest BCUT2D eigenvalue weighted by Crippen LogP contribution is 2.36. The third-order valence-electron chi connectivity index (χ3n) is 4.17. The molecule has 114 valence electrons. The maximum atomic E-state index is 13.5. The van der Waals surface area contributed by atoms with Crippen LogP contribution in [0.15, 0.2) is 53.1 Å². The van der Waals surface area contributed by atoms with Crippen LogP contribution >= 0.6 is 0 Å². The highest BCUT2D eigenvalue weighted by atomic mass is 19.1. The van der Waals surface area contributed by atoms with Crippen LogP contribution < -0.4 is 4.57 Å². The summed E-state index contributed by atoms with van der Waals surface area (Å²) in [7, 11) is 1.79. The van der Waals surface area contributed by atoms with Gasteiger partial charge in [0.1, 0.15) is 24.0 Å². The number of fused-ring (bicyclic) bond motifs is 3. The van der Waals surface area contributed by atoms with Crippen LogP contribution in [0.1, 0.15) is 5.56 Å². The van der Waals surface area contributed by atoms with Gasteiger partial charge in [0.2, 0.25) is 11.9 Å². The van der Waals surface area contributed by atoms with Crippen LogP contribution in [-0.2, 0) is 7.05 Å². The molecule has 0 amide bonds. The molecule has 2 aromatic carbocycles. The zero-order valence-electron chi connectivity index (χ0n) is 12.7. The van der Waals surface area contributed by atoms with Gasteiger partial charge < -0.3 is 4.42 Å². The normalized spacial score (nSPS) is 11.5. The van der Waals surface area contributed by atoms with E-state index in [-0.39, 0.29) is 11.6 Å². The quantitative estimate of drug-likeness (QED) is 0.467. The molecular weight excluding hydrogens is 296 g/mol. The summed E-state index contributed by atoms with van der Waals surface area (Å²) in [6, 6.07) is 11.7. The maximum absolute atomic E-state index is 13.5. The second-order valence-corrected chi connectivity index (χ2v) is 5.72. The topological polar surface area (TPSA) is 17.0 Å². The van der Waals surface area contributed by atoms with E-state index < -0.39 is 0 Å². The van der Waals surface area contributed by atoms with Crippen LogP contribution in [0, 0.1) is 18.6 Å². The summed E-state index contributed by atoms with van der Waals surface area (Å²) in [5.41, 5.74) is 3.94. The fourth-order valence-electron chi connectivity index (χ4n) is 3.06. The van der Waals surface area contributed by atoms with Gasteiger partial charge in [0.15, 0.2) is 5.82 Å². The van der Waals surface area contributed by atoms with Crippen LogP contribution in [0.2, 0.25) is 0 Å². The molecule has 0 aliphatic carbocycles. The maximum Gasteiger partial charge on any atom is 0.216 e. The molecule has 0 bridgehead atoms. The smallest absolute Gasteiger partial charge is 0.216 e. The van der Waals surface area contributed by atoms with Crippen molar-refractivity contribution in [1.29, 1.82) is 0 Å². The second-order valence-electron chi connectivity index (χ2n) is 5.72. The van der Waals surface area contributed by atoms with Gasteiger partial charge in [-0.05, 0) is 30.7 Å². The third kappa shape index (κ3) is 2.10. The molecule has 4 aromatic rings. The number of halogens is 2.